The first-order valence-electron chi connectivity index (χ1n) is 7.25. The SMILES string of the molecule is CC1=C(/C=C/c2ccccc2)C(=O)N(C(=O)OC(C)(C)C)C1. The summed E-state index contributed by atoms with van der Waals surface area (Å²) in [5, 5.41) is 0. The summed E-state index contributed by atoms with van der Waals surface area (Å²) in [5.74, 6) is -0.307. The van der Waals surface area contributed by atoms with Crippen LogP contribution >= 0.6 is 0 Å². The number of rotatable bonds is 2. The summed E-state index contributed by atoms with van der Waals surface area (Å²) in [4.78, 5) is 25.6. The summed E-state index contributed by atoms with van der Waals surface area (Å²) in [6, 6.07) is 9.72. The molecule has 2 amide bonds. The minimum absolute atomic E-state index is 0.280. The van der Waals surface area contributed by atoms with E-state index in [9.17, 15) is 9.59 Å². The van der Waals surface area contributed by atoms with Crippen LogP contribution in [0.25, 0.3) is 6.08 Å². The molecule has 22 heavy (non-hydrogen) atoms. The van der Waals surface area contributed by atoms with Crippen molar-refractivity contribution in [2.24, 2.45) is 0 Å². The van der Waals surface area contributed by atoms with Crippen LogP contribution < -0.4 is 0 Å². The van der Waals surface area contributed by atoms with Gasteiger partial charge in [0, 0.05) is 5.57 Å². The predicted octanol–water partition coefficient (Wildman–Crippen LogP) is 3.79. The molecule has 1 aliphatic rings. The number of carbonyl (C=O) groups is 2. The first kappa shape index (κ1) is 16.0. The monoisotopic (exact) mass is 299 g/mol. The highest BCUT2D eigenvalue weighted by Crippen LogP contribution is 2.23. The van der Waals surface area contributed by atoms with Gasteiger partial charge >= 0.3 is 6.09 Å². The molecule has 0 fully saturated rings. The van der Waals surface area contributed by atoms with Gasteiger partial charge in [-0.25, -0.2) is 9.69 Å². The van der Waals surface area contributed by atoms with E-state index in [2.05, 4.69) is 0 Å². The number of ether oxygens (including phenoxy) is 1. The lowest BCUT2D eigenvalue weighted by Crippen LogP contribution is -2.38. The van der Waals surface area contributed by atoms with Crippen molar-refractivity contribution in [3.63, 3.8) is 0 Å². The van der Waals surface area contributed by atoms with Crippen molar-refractivity contribution in [3.05, 3.63) is 53.1 Å². The molecule has 4 heteroatoms. The molecule has 116 valence electrons. The van der Waals surface area contributed by atoms with Crippen molar-refractivity contribution < 1.29 is 14.3 Å². The van der Waals surface area contributed by atoms with Crippen LogP contribution in [0.2, 0.25) is 0 Å². The summed E-state index contributed by atoms with van der Waals surface area (Å²) in [6.45, 7) is 7.47. The second kappa shape index (κ2) is 6.18. The van der Waals surface area contributed by atoms with E-state index < -0.39 is 11.7 Å². The molecule has 0 aliphatic carbocycles. The van der Waals surface area contributed by atoms with Gasteiger partial charge in [0.2, 0.25) is 0 Å². The fourth-order valence-electron chi connectivity index (χ4n) is 2.14. The van der Waals surface area contributed by atoms with Gasteiger partial charge in [-0.1, -0.05) is 36.4 Å². The highest BCUT2D eigenvalue weighted by atomic mass is 16.6. The molecule has 1 aromatic carbocycles. The van der Waals surface area contributed by atoms with Gasteiger partial charge in [0.05, 0.1) is 6.54 Å². The quantitative estimate of drug-likeness (QED) is 0.834. The van der Waals surface area contributed by atoms with E-state index in [0.29, 0.717) is 5.57 Å². The zero-order valence-electron chi connectivity index (χ0n) is 13.4. The second-order valence-electron chi connectivity index (χ2n) is 6.31. The van der Waals surface area contributed by atoms with Crippen LogP contribution in [-0.2, 0) is 9.53 Å². The Morgan fingerprint density at radius 3 is 2.41 bits per heavy atom. The van der Waals surface area contributed by atoms with E-state index in [-0.39, 0.29) is 12.5 Å². The number of benzene rings is 1. The minimum Gasteiger partial charge on any atom is -0.443 e. The number of amides is 2. The third-order valence-electron chi connectivity index (χ3n) is 3.19. The van der Waals surface area contributed by atoms with Crippen molar-refractivity contribution >= 4 is 18.1 Å². The van der Waals surface area contributed by atoms with Crippen LogP contribution in [0.5, 0.6) is 0 Å². The fraction of sp³-hybridized carbons (Fsp3) is 0.333. The number of hydrogen-bond donors (Lipinski definition) is 0. The Labute approximate surface area is 131 Å². The van der Waals surface area contributed by atoms with Gasteiger partial charge in [0.15, 0.2) is 0 Å². The van der Waals surface area contributed by atoms with E-state index in [0.717, 1.165) is 16.0 Å². The van der Waals surface area contributed by atoms with Crippen LogP contribution in [0.15, 0.2) is 47.6 Å². The lowest BCUT2D eigenvalue weighted by atomic mass is 10.1. The molecule has 0 bridgehead atoms. The average Bonchev–Trinajstić information content (AvgIpc) is 2.71. The van der Waals surface area contributed by atoms with Gasteiger partial charge in [0.1, 0.15) is 5.60 Å². The Hall–Kier alpha value is -2.36. The van der Waals surface area contributed by atoms with Gasteiger partial charge in [0.25, 0.3) is 5.91 Å². The van der Waals surface area contributed by atoms with E-state index in [1.54, 1.807) is 26.8 Å². The Balaban J connectivity index is 2.11. The molecule has 1 aromatic rings. The molecule has 0 N–H and O–H groups in total. The molecular formula is C18H21NO3. The first-order chi connectivity index (χ1) is 10.3. The minimum atomic E-state index is -0.617. The lowest BCUT2D eigenvalue weighted by Gasteiger charge is -2.23. The highest BCUT2D eigenvalue weighted by molar-refractivity contribution is 6.08. The zero-order chi connectivity index (χ0) is 16.3. The Bertz CT molecular complexity index is 636. The highest BCUT2D eigenvalue weighted by Gasteiger charge is 2.34. The molecule has 0 unspecified atom stereocenters. The summed E-state index contributed by atoms with van der Waals surface area (Å²) in [7, 11) is 0. The van der Waals surface area contributed by atoms with Gasteiger partial charge in [-0.2, -0.15) is 0 Å². The summed E-state index contributed by atoms with van der Waals surface area (Å²) in [5.41, 5.74) is 1.80. The molecule has 1 heterocycles. The number of imide groups is 1. The average molecular weight is 299 g/mol. The molecule has 4 nitrogen and oxygen atoms in total. The van der Waals surface area contributed by atoms with Crippen molar-refractivity contribution in [1.82, 2.24) is 4.90 Å². The first-order valence-corrected chi connectivity index (χ1v) is 7.25. The molecule has 2 rings (SSSR count). The maximum absolute atomic E-state index is 12.4. The molecule has 0 saturated carbocycles. The van der Waals surface area contributed by atoms with Gasteiger partial charge < -0.3 is 4.74 Å². The largest absolute Gasteiger partial charge is 0.443 e. The molecule has 0 radical (unpaired) electrons. The van der Waals surface area contributed by atoms with Crippen molar-refractivity contribution in [1.29, 1.82) is 0 Å². The molecule has 1 aliphatic heterocycles. The smallest absolute Gasteiger partial charge is 0.417 e. The van der Waals surface area contributed by atoms with E-state index in [1.165, 1.54) is 0 Å². The Kier molecular flexibility index (Phi) is 4.50. The maximum atomic E-state index is 12.4. The summed E-state index contributed by atoms with van der Waals surface area (Å²) >= 11 is 0. The summed E-state index contributed by atoms with van der Waals surface area (Å²) in [6.07, 6.45) is 3.03. The number of carbonyl (C=O) groups excluding carboxylic acids is 2. The fourth-order valence-corrected chi connectivity index (χ4v) is 2.14. The number of nitrogens with zero attached hydrogens (tertiary/aromatic N) is 1. The van der Waals surface area contributed by atoms with E-state index >= 15 is 0 Å². The van der Waals surface area contributed by atoms with E-state index in [1.807, 2.05) is 43.3 Å². The predicted molar refractivity (Wildman–Crippen MR) is 86.1 cm³/mol. The van der Waals surface area contributed by atoms with E-state index in [4.69, 9.17) is 4.74 Å². The van der Waals surface area contributed by atoms with Crippen molar-refractivity contribution in [2.75, 3.05) is 6.54 Å². The molecule has 0 spiro atoms. The third kappa shape index (κ3) is 3.85. The van der Waals surface area contributed by atoms with Crippen LogP contribution in [0, 0.1) is 0 Å². The molecule has 0 atom stereocenters. The lowest BCUT2D eigenvalue weighted by molar-refractivity contribution is -0.124. The number of hydrogen-bond acceptors (Lipinski definition) is 3. The van der Waals surface area contributed by atoms with Crippen LogP contribution in [0.4, 0.5) is 4.79 Å². The van der Waals surface area contributed by atoms with Gasteiger partial charge in [-0.15, -0.1) is 0 Å². The van der Waals surface area contributed by atoms with Crippen LogP contribution in [-0.4, -0.2) is 29.0 Å². The van der Waals surface area contributed by atoms with Crippen LogP contribution in [0.1, 0.15) is 33.3 Å². The maximum Gasteiger partial charge on any atom is 0.417 e. The topological polar surface area (TPSA) is 46.6 Å². The second-order valence-corrected chi connectivity index (χ2v) is 6.31. The normalized spacial score (nSPS) is 15.8. The van der Waals surface area contributed by atoms with Crippen molar-refractivity contribution in [3.8, 4) is 0 Å². The Morgan fingerprint density at radius 2 is 1.82 bits per heavy atom. The van der Waals surface area contributed by atoms with Gasteiger partial charge in [-0.3, -0.25) is 4.79 Å². The van der Waals surface area contributed by atoms with Crippen molar-refractivity contribution in [2.45, 2.75) is 33.3 Å². The Morgan fingerprint density at radius 1 is 1.18 bits per heavy atom. The molecule has 0 aromatic heterocycles. The third-order valence-corrected chi connectivity index (χ3v) is 3.19. The van der Waals surface area contributed by atoms with Crippen LogP contribution in [0.3, 0.4) is 0 Å². The molecular weight excluding hydrogens is 278 g/mol. The summed E-state index contributed by atoms with van der Waals surface area (Å²) < 4.78 is 5.27. The standard InChI is InChI=1S/C18H21NO3/c1-13-12-19(17(21)22-18(2,3)4)16(20)15(13)11-10-14-8-6-5-7-9-14/h5-11H,12H2,1-4H3/b11-10+. The van der Waals surface area contributed by atoms with Gasteiger partial charge in [-0.05, 0) is 44.9 Å². The zero-order valence-corrected chi connectivity index (χ0v) is 13.4. The molecule has 0 saturated heterocycles.